The zero-order chi connectivity index (χ0) is 41.4. The fraction of sp³-hybridized carbons (Fsp3) is 0.652. The number of nitrogens with zero attached hydrogens (tertiary/aromatic N) is 1. The number of allylic oxidation sites excluding steroid dienone is 14. The quantitative estimate of drug-likeness (QED) is 0.0217. The van der Waals surface area contributed by atoms with Crippen LogP contribution in [0.5, 0.6) is 0 Å². The molecule has 0 heterocycles. The zero-order valence-electron chi connectivity index (χ0n) is 35.8. The Morgan fingerprint density at radius 2 is 1.02 bits per heavy atom. The molecule has 1 N–H and O–H groups in total. The number of likely N-dealkylation sites (N-methyl/N-ethyl adjacent to an activating group) is 1. The maximum Gasteiger partial charge on any atom is 0.472 e. The van der Waals surface area contributed by atoms with Crippen LogP contribution in [0.15, 0.2) is 85.1 Å². The van der Waals surface area contributed by atoms with Gasteiger partial charge in [-0.25, -0.2) is 4.57 Å². The Hall–Kier alpha value is -2.81. The summed E-state index contributed by atoms with van der Waals surface area (Å²) in [6.45, 7) is 4.17. The highest BCUT2D eigenvalue weighted by Gasteiger charge is 2.27. The molecule has 0 spiro atoms. The summed E-state index contributed by atoms with van der Waals surface area (Å²) < 4.78 is 34.2. The average molecular weight is 805 g/mol. The average Bonchev–Trinajstić information content (AvgIpc) is 3.15. The molecule has 0 aromatic rings. The molecule has 0 bridgehead atoms. The van der Waals surface area contributed by atoms with E-state index in [0.717, 1.165) is 96.3 Å². The predicted molar refractivity (Wildman–Crippen MR) is 233 cm³/mol. The summed E-state index contributed by atoms with van der Waals surface area (Å²) >= 11 is 0. The Balaban J connectivity index is 4.48. The maximum atomic E-state index is 12.7. The van der Waals surface area contributed by atoms with E-state index in [1.54, 1.807) is 0 Å². The second kappa shape index (κ2) is 37.7. The second-order valence-electron chi connectivity index (χ2n) is 15.0. The van der Waals surface area contributed by atoms with Gasteiger partial charge in [-0.05, 0) is 83.5 Å². The molecule has 0 aliphatic heterocycles. The smallest absolute Gasteiger partial charge is 0.462 e. The van der Waals surface area contributed by atoms with Gasteiger partial charge in [-0.3, -0.25) is 18.6 Å². The highest BCUT2D eigenvalue weighted by molar-refractivity contribution is 7.47. The number of phosphoric ester groups is 1. The number of hydrogen-bond acceptors (Lipinski definition) is 7. The van der Waals surface area contributed by atoms with Crippen LogP contribution in [0.4, 0.5) is 0 Å². The Bertz CT molecular complexity index is 1230. The van der Waals surface area contributed by atoms with Crippen molar-refractivity contribution in [3.63, 3.8) is 0 Å². The molecule has 0 radical (unpaired) electrons. The van der Waals surface area contributed by atoms with Gasteiger partial charge in [0.25, 0.3) is 0 Å². The third-order valence-electron chi connectivity index (χ3n) is 8.41. The van der Waals surface area contributed by atoms with Crippen molar-refractivity contribution in [1.29, 1.82) is 0 Å². The van der Waals surface area contributed by atoms with E-state index in [-0.39, 0.29) is 26.1 Å². The van der Waals surface area contributed by atoms with Crippen LogP contribution in [0.1, 0.15) is 142 Å². The topological polar surface area (TPSA) is 108 Å². The SMILES string of the molecule is CC/C=C\C/C=C\C/C=C\C/C=C\C/C=C\C/C=C\CCCCC(=O)OC(COC(=O)CCCCCCC/C=C\CCCC)COP(=O)(O)OCC[N+](C)(C)C. The molecule has 0 aliphatic rings. The third kappa shape index (κ3) is 40.8. The molecule has 0 rings (SSSR count). The van der Waals surface area contributed by atoms with Gasteiger partial charge in [0.1, 0.15) is 19.8 Å². The van der Waals surface area contributed by atoms with Crippen LogP contribution in [0, 0.1) is 0 Å². The summed E-state index contributed by atoms with van der Waals surface area (Å²) in [5, 5.41) is 0. The van der Waals surface area contributed by atoms with Crippen molar-refractivity contribution >= 4 is 19.8 Å². The molecule has 0 aromatic carbocycles. The van der Waals surface area contributed by atoms with E-state index < -0.39 is 32.5 Å². The molecule has 0 amide bonds. The molecule has 0 fully saturated rings. The molecule has 0 aliphatic carbocycles. The van der Waals surface area contributed by atoms with Crippen molar-refractivity contribution in [2.24, 2.45) is 0 Å². The lowest BCUT2D eigenvalue weighted by Gasteiger charge is -2.24. The fourth-order valence-corrected chi connectivity index (χ4v) is 5.80. The Morgan fingerprint density at radius 3 is 1.57 bits per heavy atom. The number of unbranched alkanes of at least 4 members (excludes halogenated alkanes) is 9. The first-order valence-corrected chi connectivity index (χ1v) is 22.8. The summed E-state index contributed by atoms with van der Waals surface area (Å²) in [6.07, 6.45) is 47.8. The molecule has 0 saturated carbocycles. The van der Waals surface area contributed by atoms with Gasteiger partial charge in [0.15, 0.2) is 6.10 Å². The van der Waals surface area contributed by atoms with Crippen LogP contribution in [0.25, 0.3) is 0 Å². The summed E-state index contributed by atoms with van der Waals surface area (Å²) in [7, 11) is 1.43. The molecule has 320 valence electrons. The Labute approximate surface area is 341 Å². The minimum Gasteiger partial charge on any atom is -0.462 e. The van der Waals surface area contributed by atoms with Gasteiger partial charge in [-0.15, -0.1) is 0 Å². The van der Waals surface area contributed by atoms with Crippen molar-refractivity contribution in [1.82, 2.24) is 0 Å². The van der Waals surface area contributed by atoms with Crippen molar-refractivity contribution in [3.05, 3.63) is 85.1 Å². The minimum absolute atomic E-state index is 0.0170. The number of ether oxygens (including phenoxy) is 2. The number of phosphoric acid groups is 1. The first-order valence-electron chi connectivity index (χ1n) is 21.3. The number of carbonyl (C=O) groups excluding carboxylic acids is 2. The summed E-state index contributed by atoms with van der Waals surface area (Å²) in [5.41, 5.74) is 0. The number of hydrogen-bond donors (Lipinski definition) is 1. The summed E-state index contributed by atoms with van der Waals surface area (Å²) in [4.78, 5) is 35.3. The Kier molecular flexibility index (Phi) is 35.9. The van der Waals surface area contributed by atoms with E-state index in [9.17, 15) is 19.0 Å². The fourth-order valence-electron chi connectivity index (χ4n) is 5.05. The lowest BCUT2D eigenvalue weighted by Crippen LogP contribution is -2.37. The van der Waals surface area contributed by atoms with Crippen molar-refractivity contribution in [3.8, 4) is 0 Å². The van der Waals surface area contributed by atoms with Gasteiger partial charge < -0.3 is 18.9 Å². The van der Waals surface area contributed by atoms with Crippen molar-refractivity contribution in [2.45, 2.75) is 148 Å². The second-order valence-corrected chi connectivity index (χ2v) is 16.4. The molecule has 0 saturated heterocycles. The molecule has 10 heteroatoms. The summed E-state index contributed by atoms with van der Waals surface area (Å²) in [6, 6.07) is 0. The van der Waals surface area contributed by atoms with E-state index in [1.807, 2.05) is 21.1 Å². The minimum atomic E-state index is -4.39. The molecule has 2 unspecified atom stereocenters. The normalized spacial score (nSPS) is 14.5. The van der Waals surface area contributed by atoms with Crippen LogP contribution in [-0.4, -0.2) is 74.9 Å². The number of quaternary nitrogens is 1. The van der Waals surface area contributed by atoms with Gasteiger partial charge in [0.05, 0.1) is 27.7 Å². The van der Waals surface area contributed by atoms with Crippen molar-refractivity contribution in [2.75, 3.05) is 47.5 Å². The van der Waals surface area contributed by atoms with E-state index >= 15 is 0 Å². The van der Waals surface area contributed by atoms with E-state index in [0.29, 0.717) is 17.4 Å². The van der Waals surface area contributed by atoms with Crippen LogP contribution < -0.4 is 0 Å². The van der Waals surface area contributed by atoms with Gasteiger partial charge in [-0.1, -0.05) is 131 Å². The van der Waals surface area contributed by atoms with E-state index in [1.165, 1.54) is 12.8 Å². The van der Waals surface area contributed by atoms with Gasteiger partial charge in [0.2, 0.25) is 0 Å². The van der Waals surface area contributed by atoms with Crippen LogP contribution >= 0.6 is 7.82 Å². The third-order valence-corrected chi connectivity index (χ3v) is 9.39. The van der Waals surface area contributed by atoms with Crippen LogP contribution in [-0.2, 0) is 32.7 Å². The first kappa shape index (κ1) is 53.2. The number of carbonyl (C=O) groups is 2. The zero-order valence-corrected chi connectivity index (χ0v) is 36.7. The van der Waals surface area contributed by atoms with Crippen LogP contribution in [0.3, 0.4) is 0 Å². The highest BCUT2D eigenvalue weighted by Crippen LogP contribution is 2.43. The number of rotatable bonds is 37. The summed E-state index contributed by atoms with van der Waals surface area (Å²) in [5.74, 6) is -0.871. The first-order chi connectivity index (χ1) is 27.0. The molecule has 2 atom stereocenters. The van der Waals surface area contributed by atoms with Gasteiger partial charge >= 0.3 is 19.8 Å². The molecule has 9 nitrogen and oxygen atoms in total. The lowest BCUT2D eigenvalue weighted by atomic mass is 10.1. The number of esters is 2. The van der Waals surface area contributed by atoms with Crippen LogP contribution in [0.2, 0.25) is 0 Å². The standard InChI is InChI=1S/C46H78NO8P/c1-6-8-10-12-14-16-18-19-20-21-22-23-24-25-26-27-29-31-33-35-37-39-46(49)55-44(43-54-56(50,51)53-41-40-47(3,4)5)42-52-45(48)38-36-34-32-30-28-17-15-13-11-9-7-2/h8,10,13-16,19-20,22-23,25-26,29,31,44H,6-7,9,11-12,17-18,21,24,27-28,30,32-43H2,1-5H3/p+1/b10-8-,15-13-,16-14-,20-19-,23-22-,26-25-,31-29-. The van der Waals surface area contributed by atoms with Gasteiger partial charge in [-0.2, -0.15) is 0 Å². The Morgan fingerprint density at radius 1 is 0.571 bits per heavy atom. The van der Waals surface area contributed by atoms with Crippen molar-refractivity contribution < 1.29 is 42.1 Å². The molecular formula is C46H79NO8P+. The van der Waals surface area contributed by atoms with E-state index in [2.05, 4.69) is 98.9 Å². The molecule has 56 heavy (non-hydrogen) atoms. The molecule has 0 aromatic heterocycles. The van der Waals surface area contributed by atoms with Gasteiger partial charge in [0, 0.05) is 12.8 Å². The largest absolute Gasteiger partial charge is 0.472 e. The monoisotopic (exact) mass is 805 g/mol. The lowest BCUT2D eigenvalue weighted by molar-refractivity contribution is -0.870. The maximum absolute atomic E-state index is 12.7. The van der Waals surface area contributed by atoms with E-state index in [4.69, 9.17) is 18.5 Å². The molecular weight excluding hydrogens is 725 g/mol. The highest BCUT2D eigenvalue weighted by atomic mass is 31.2. The predicted octanol–water partition coefficient (Wildman–Crippen LogP) is 12.0.